The lowest BCUT2D eigenvalue weighted by molar-refractivity contribution is 0.150. The lowest BCUT2D eigenvalue weighted by atomic mass is 10.1. The van der Waals surface area contributed by atoms with Crippen LogP contribution >= 0.6 is 0 Å². The highest BCUT2D eigenvalue weighted by Crippen LogP contribution is 2.14. The first-order chi connectivity index (χ1) is 30.6. The summed E-state index contributed by atoms with van der Waals surface area (Å²) in [5.41, 5.74) is 0. The molecule has 0 bridgehead atoms. The van der Waals surface area contributed by atoms with Crippen molar-refractivity contribution in [1.82, 2.24) is 19.6 Å². The molecule has 0 aromatic heterocycles. The SMILES string of the molecule is CCCCCCCC/C=C/CCCCCCCCN(CCCCN(CCCCCCCC/C=C/CCCCCCCC)CCCN(CCO)CCO)CCCN(CCO)CCO. The largest absolute Gasteiger partial charge is 0.395 e. The molecule has 370 valence electrons. The number of nitrogens with zero attached hydrogens (tertiary/aromatic N) is 4. The van der Waals surface area contributed by atoms with Gasteiger partial charge in [-0.3, -0.25) is 9.80 Å². The van der Waals surface area contributed by atoms with E-state index >= 15 is 0 Å². The van der Waals surface area contributed by atoms with Gasteiger partial charge in [0, 0.05) is 26.2 Å². The Morgan fingerprint density at radius 3 is 0.677 bits per heavy atom. The minimum absolute atomic E-state index is 0.147. The zero-order valence-electron chi connectivity index (χ0n) is 41.8. The predicted molar refractivity (Wildman–Crippen MR) is 271 cm³/mol. The van der Waals surface area contributed by atoms with Crippen LogP contribution in [0.25, 0.3) is 0 Å². The highest BCUT2D eigenvalue weighted by molar-refractivity contribution is 4.82. The van der Waals surface area contributed by atoms with Crippen LogP contribution in [0.15, 0.2) is 24.3 Å². The summed E-state index contributed by atoms with van der Waals surface area (Å²) in [6.45, 7) is 16.4. The van der Waals surface area contributed by atoms with Crippen LogP contribution in [0.3, 0.4) is 0 Å². The first-order valence-corrected chi connectivity index (χ1v) is 27.3. The van der Waals surface area contributed by atoms with Crippen LogP contribution in [0.4, 0.5) is 0 Å². The molecule has 0 aliphatic heterocycles. The van der Waals surface area contributed by atoms with Gasteiger partial charge < -0.3 is 30.2 Å². The van der Waals surface area contributed by atoms with Crippen molar-refractivity contribution in [1.29, 1.82) is 0 Å². The Morgan fingerprint density at radius 1 is 0.226 bits per heavy atom. The quantitative estimate of drug-likeness (QED) is 0.0355. The number of hydrogen-bond donors (Lipinski definition) is 4. The zero-order chi connectivity index (χ0) is 45.1. The fourth-order valence-electron chi connectivity index (χ4n) is 8.78. The topological polar surface area (TPSA) is 93.9 Å². The summed E-state index contributed by atoms with van der Waals surface area (Å²) in [5, 5.41) is 38.0. The molecule has 0 aromatic carbocycles. The molecule has 0 aromatic rings. The molecule has 0 rings (SSSR count). The molecule has 0 amide bonds. The van der Waals surface area contributed by atoms with Crippen molar-refractivity contribution in [3.05, 3.63) is 24.3 Å². The maximum atomic E-state index is 9.50. The van der Waals surface area contributed by atoms with E-state index < -0.39 is 0 Å². The van der Waals surface area contributed by atoms with E-state index in [1.165, 1.54) is 206 Å². The van der Waals surface area contributed by atoms with Gasteiger partial charge in [0.15, 0.2) is 0 Å². The van der Waals surface area contributed by atoms with E-state index in [0.717, 1.165) is 52.1 Å². The normalized spacial score (nSPS) is 12.4. The molecule has 0 unspecified atom stereocenters. The molecule has 0 saturated heterocycles. The highest BCUT2D eigenvalue weighted by Gasteiger charge is 2.11. The smallest absolute Gasteiger partial charge is 0.0558 e. The van der Waals surface area contributed by atoms with Gasteiger partial charge in [-0.15, -0.1) is 0 Å². The van der Waals surface area contributed by atoms with Crippen LogP contribution < -0.4 is 0 Å². The number of aliphatic hydroxyl groups is 4. The van der Waals surface area contributed by atoms with Gasteiger partial charge in [0.1, 0.15) is 0 Å². The Hall–Kier alpha value is -0.840. The Kier molecular flexibility index (Phi) is 52.1. The molecule has 0 atom stereocenters. The molecule has 0 spiro atoms. The van der Waals surface area contributed by atoms with Crippen LogP contribution in [0.5, 0.6) is 0 Å². The molecule has 4 N–H and O–H groups in total. The van der Waals surface area contributed by atoms with Gasteiger partial charge in [-0.2, -0.15) is 0 Å². The summed E-state index contributed by atoms with van der Waals surface area (Å²) in [4.78, 5) is 9.78. The molecule has 62 heavy (non-hydrogen) atoms. The van der Waals surface area contributed by atoms with E-state index in [4.69, 9.17) is 0 Å². The molecule has 0 radical (unpaired) electrons. The van der Waals surface area contributed by atoms with Crippen LogP contribution in [0, 0.1) is 0 Å². The monoisotopic (exact) mass is 879 g/mol. The molecular weight excluding hydrogens is 769 g/mol. The molecular formula is C54H110N4O4. The zero-order valence-corrected chi connectivity index (χ0v) is 41.8. The third-order valence-corrected chi connectivity index (χ3v) is 12.7. The first-order valence-electron chi connectivity index (χ1n) is 27.3. The van der Waals surface area contributed by atoms with E-state index in [2.05, 4.69) is 57.8 Å². The van der Waals surface area contributed by atoms with Gasteiger partial charge in [0.25, 0.3) is 0 Å². The Morgan fingerprint density at radius 2 is 0.419 bits per heavy atom. The second-order valence-corrected chi connectivity index (χ2v) is 18.6. The van der Waals surface area contributed by atoms with Crippen LogP contribution in [-0.2, 0) is 0 Å². The van der Waals surface area contributed by atoms with Crippen molar-refractivity contribution in [2.24, 2.45) is 0 Å². The first kappa shape index (κ1) is 61.2. The van der Waals surface area contributed by atoms with Crippen LogP contribution in [0.1, 0.15) is 219 Å². The van der Waals surface area contributed by atoms with Gasteiger partial charge in [-0.05, 0) is 142 Å². The average Bonchev–Trinajstić information content (AvgIpc) is 3.27. The predicted octanol–water partition coefficient (Wildman–Crippen LogP) is 11.8. The van der Waals surface area contributed by atoms with Crippen molar-refractivity contribution in [3.8, 4) is 0 Å². The van der Waals surface area contributed by atoms with Crippen molar-refractivity contribution < 1.29 is 20.4 Å². The molecule has 0 aliphatic rings. The Bertz CT molecular complexity index is 810. The fourth-order valence-corrected chi connectivity index (χ4v) is 8.78. The van der Waals surface area contributed by atoms with E-state index in [0.29, 0.717) is 26.2 Å². The second-order valence-electron chi connectivity index (χ2n) is 18.6. The summed E-state index contributed by atoms with van der Waals surface area (Å²) in [6.07, 6.45) is 51.8. The van der Waals surface area contributed by atoms with E-state index in [1.54, 1.807) is 0 Å². The average molecular weight is 879 g/mol. The van der Waals surface area contributed by atoms with E-state index in [9.17, 15) is 20.4 Å². The Labute approximate surface area is 387 Å². The Balaban J connectivity index is 4.71. The lowest BCUT2D eigenvalue weighted by Crippen LogP contribution is -2.35. The van der Waals surface area contributed by atoms with Gasteiger partial charge in [0.2, 0.25) is 0 Å². The lowest BCUT2D eigenvalue weighted by Gasteiger charge is -2.27. The van der Waals surface area contributed by atoms with Gasteiger partial charge >= 0.3 is 0 Å². The maximum Gasteiger partial charge on any atom is 0.0558 e. The minimum atomic E-state index is 0.147. The molecule has 8 heteroatoms. The molecule has 0 aliphatic carbocycles. The third-order valence-electron chi connectivity index (χ3n) is 12.7. The molecule has 0 fully saturated rings. The number of unbranched alkanes of at least 4 members (excludes halogenated alkanes) is 25. The summed E-state index contributed by atoms with van der Waals surface area (Å²) in [7, 11) is 0. The van der Waals surface area contributed by atoms with Gasteiger partial charge in [-0.1, -0.05) is 154 Å². The van der Waals surface area contributed by atoms with Crippen LogP contribution in [0.2, 0.25) is 0 Å². The maximum absolute atomic E-state index is 9.50. The van der Waals surface area contributed by atoms with Crippen LogP contribution in [-0.4, -0.2) is 145 Å². The number of allylic oxidation sites excluding steroid dienone is 4. The standard InChI is InChI=1S/C54H110N4O4/c1-3-5-7-9-11-13-15-17-19-21-23-25-27-29-31-33-39-55(43-37-45-57(47-51-59)48-52-60)41-35-36-42-56(44-38-46-58(49-53-61)50-54-62)40-34-32-30-28-26-24-22-20-18-16-14-12-10-8-6-4-2/h17-20,59-62H,3-16,21-54H2,1-2H3/b19-17+,20-18+. The minimum Gasteiger partial charge on any atom is -0.395 e. The highest BCUT2D eigenvalue weighted by atomic mass is 16.3. The summed E-state index contributed by atoms with van der Waals surface area (Å²) < 4.78 is 0. The van der Waals surface area contributed by atoms with E-state index in [1.807, 2.05) is 0 Å². The molecule has 0 heterocycles. The third kappa shape index (κ3) is 45.7. The summed E-state index contributed by atoms with van der Waals surface area (Å²) in [6, 6.07) is 0. The van der Waals surface area contributed by atoms with Crippen molar-refractivity contribution in [3.63, 3.8) is 0 Å². The van der Waals surface area contributed by atoms with Crippen molar-refractivity contribution in [2.45, 2.75) is 219 Å². The van der Waals surface area contributed by atoms with Gasteiger partial charge in [-0.25, -0.2) is 0 Å². The number of rotatable bonds is 53. The van der Waals surface area contributed by atoms with Gasteiger partial charge in [0.05, 0.1) is 26.4 Å². The fraction of sp³-hybridized carbons (Fsp3) is 0.926. The number of aliphatic hydroxyl groups excluding tert-OH is 4. The molecule has 0 saturated carbocycles. The van der Waals surface area contributed by atoms with Crippen molar-refractivity contribution >= 4 is 0 Å². The van der Waals surface area contributed by atoms with Crippen molar-refractivity contribution in [2.75, 3.05) is 105 Å². The summed E-state index contributed by atoms with van der Waals surface area (Å²) in [5.74, 6) is 0. The second kappa shape index (κ2) is 52.8. The number of hydrogen-bond acceptors (Lipinski definition) is 8. The summed E-state index contributed by atoms with van der Waals surface area (Å²) >= 11 is 0. The molecule has 8 nitrogen and oxygen atoms in total. The van der Waals surface area contributed by atoms with E-state index in [-0.39, 0.29) is 26.4 Å².